The summed E-state index contributed by atoms with van der Waals surface area (Å²) >= 11 is 0. The van der Waals surface area contributed by atoms with E-state index in [1.165, 1.54) is 31.4 Å². The smallest absolute Gasteiger partial charge is 0.339 e. The van der Waals surface area contributed by atoms with Crippen molar-refractivity contribution in [2.24, 2.45) is 0 Å². The highest BCUT2D eigenvalue weighted by atomic mass is 32.2. The van der Waals surface area contributed by atoms with Crippen molar-refractivity contribution in [3.05, 3.63) is 88.5 Å². The second kappa shape index (κ2) is 8.71. The maximum atomic E-state index is 13.1. The molecule has 0 aromatic heterocycles. The highest BCUT2D eigenvalue weighted by molar-refractivity contribution is 7.87. The number of ether oxygens (including phenoxy) is 1. The predicted octanol–water partition coefficient (Wildman–Crippen LogP) is 4.06. The summed E-state index contributed by atoms with van der Waals surface area (Å²) < 4.78 is 35.5. The zero-order valence-corrected chi connectivity index (χ0v) is 19.3. The quantitative estimate of drug-likeness (QED) is 0.417. The summed E-state index contributed by atoms with van der Waals surface area (Å²) in [6, 6.07) is 16.3. The number of methoxy groups -OCH3 is 1. The number of carbonyl (C=O) groups is 2. The maximum Gasteiger partial charge on any atom is 0.339 e. The first kappa shape index (κ1) is 22.5. The van der Waals surface area contributed by atoms with E-state index in [1.807, 2.05) is 13.0 Å². The van der Waals surface area contributed by atoms with Gasteiger partial charge in [0.15, 0.2) is 0 Å². The third-order valence-electron chi connectivity index (χ3n) is 5.56. The highest BCUT2D eigenvalue weighted by Gasteiger charge is 2.27. The number of fused-ring (bicyclic) bond motifs is 1. The Labute approximate surface area is 192 Å². The van der Waals surface area contributed by atoms with Crippen LogP contribution in [0.4, 0.5) is 5.69 Å². The van der Waals surface area contributed by atoms with Gasteiger partial charge in [-0.25, -0.2) is 4.79 Å². The summed E-state index contributed by atoms with van der Waals surface area (Å²) in [7, 11) is -2.68. The van der Waals surface area contributed by atoms with Gasteiger partial charge in [-0.1, -0.05) is 12.1 Å². The van der Waals surface area contributed by atoms with Gasteiger partial charge in [0.25, 0.3) is 5.91 Å². The van der Waals surface area contributed by atoms with Crippen LogP contribution in [-0.4, -0.2) is 33.9 Å². The monoisotopic (exact) mass is 465 g/mol. The van der Waals surface area contributed by atoms with Crippen molar-refractivity contribution in [3.63, 3.8) is 0 Å². The van der Waals surface area contributed by atoms with Crippen molar-refractivity contribution < 1.29 is 26.9 Å². The van der Waals surface area contributed by atoms with E-state index in [1.54, 1.807) is 42.2 Å². The second-order valence-electron chi connectivity index (χ2n) is 7.87. The number of hydrogen-bond acceptors (Lipinski definition) is 6. The molecule has 1 amide bonds. The number of esters is 1. The van der Waals surface area contributed by atoms with Gasteiger partial charge in [0.1, 0.15) is 10.6 Å². The first-order valence-electron chi connectivity index (χ1n) is 10.3. The Kier molecular flexibility index (Phi) is 5.95. The van der Waals surface area contributed by atoms with Crippen LogP contribution in [0.2, 0.25) is 0 Å². The molecule has 0 unspecified atom stereocenters. The van der Waals surface area contributed by atoms with Crippen LogP contribution < -0.4 is 9.08 Å². The summed E-state index contributed by atoms with van der Waals surface area (Å²) in [5.41, 5.74) is 3.88. The normalized spacial score (nSPS) is 12.9. The summed E-state index contributed by atoms with van der Waals surface area (Å²) in [5.74, 6) is -0.519. The molecule has 0 aliphatic carbocycles. The largest absolute Gasteiger partial charge is 0.465 e. The Balaban J connectivity index is 1.52. The molecule has 0 radical (unpaired) electrons. The molecule has 170 valence electrons. The topological polar surface area (TPSA) is 90.0 Å². The Bertz CT molecular complexity index is 1350. The van der Waals surface area contributed by atoms with Gasteiger partial charge in [0.05, 0.1) is 12.7 Å². The van der Waals surface area contributed by atoms with E-state index < -0.39 is 16.1 Å². The molecule has 0 bridgehead atoms. The van der Waals surface area contributed by atoms with Gasteiger partial charge in [-0.3, -0.25) is 4.79 Å². The predicted molar refractivity (Wildman–Crippen MR) is 123 cm³/mol. The minimum atomic E-state index is -4.00. The van der Waals surface area contributed by atoms with Crippen molar-refractivity contribution in [1.29, 1.82) is 0 Å². The first-order chi connectivity index (χ1) is 15.7. The lowest BCUT2D eigenvalue weighted by atomic mass is 10.1. The van der Waals surface area contributed by atoms with Crippen LogP contribution in [-0.2, 0) is 21.3 Å². The zero-order chi connectivity index (χ0) is 23.8. The van der Waals surface area contributed by atoms with Crippen molar-refractivity contribution in [2.75, 3.05) is 18.6 Å². The molecule has 4 rings (SSSR count). The summed E-state index contributed by atoms with van der Waals surface area (Å²) in [5, 5.41) is 0. The number of hydrogen-bond donors (Lipinski definition) is 0. The number of anilines is 1. The van der Waals surface area contributed by atoms with Crippen LogP contribution in [0, 0.1) is 13.8 Å². The second-order valence-corrected chi connectivity index (χ2v) is 9.39. The molecule has 1 aliphatic heterocycles. The molecule has 1 heterocycles. The molecule has 0 spiro atoms. The van der Waals surface area contributed by atoms with Gasteiger partial charge >= 0.3 is 16.1 Å². The Morgan fingerprint density at radius 2 is 1.61 bits per heavy atom. The average Bonchev–Trinajstić information content (AvgIpc) is 3.23. The highest BCUT2D eigenvalue weighted by Crippen LogP contribution is 2.31. The van der Waals surface area contributed by atoms with Crippen LogP contribution in [0.3, 0.4) is 0 Å². The number of nitrogens with zero attached hydrogens (tertiary/aromatic N) is 1. The van der Waals surface area contributed by atoms with Crippen LogP contribution in [0.25, 0.3) is 0 Å². The standard InChI is InChI=1S/C25H23NO6S/c1-16-4-5-17(2)23(14-16)33(29,30)32-21-9-6-18(7-10-21)24(27)26-13-12-19-15-20(25(28)31-3)8-11-22(19)26/h4-11,14-15H,12-13H2,1-3H3. The van der Waals surface area contributed by atoms with E-state index >= 15 is 0 Å². The van der Waals surface area contributed by atoms with Gasteiger partial charge < -0.3 is 13.8 Å². The molecule has 1 aliphatic rings. The van der Waals surface area contributed by atoms with E-state index in [2.05, 4.69) is 0 Å². The molecular weight excluding hydrogens is 442 g/mol. The minimum Gasteiger partial charge on any atom is -0.465 e. The van der Waals surface area contributed by atoms with Crippen molar-refractivity contribution in [1.82, 2.24) is 0 Å². The van der Waals surface area contributed by atoms with E-state index in [9.17, 15) is 18.0 Å². The molecule has 7 nitrogen and oxygen atoms in total. The summed E-state index contributed by atoms with van der Waals surface area (Å²) in [4.78, 5) is 26.6. The lowest BCUT2D eigenvalue weighted by Crippen LogP contribution is -2.28. The fourth-order valence-electron chi connectivity index (χ4n) is 3.81. The van der Waals surface area contributed by atoms with Gasteiger partial charge in [-0.2, -0.15) is 8.42 Å². The number of carbonyl (C=O) groups excluding carboxylic acids is 2. The summed E-state index contributed by atoms with van der Waals surface area (Å²) in [6.07, 6.45) is 0.626. The minimum absolute atomic E-state index is 0.114. The molecule has 0 N–H and O–H groups in total. The Hall–Kier alpha value is -3.65. The van der Waals surface area contributed by atoms with Crippen molar-refractivity contribution in [2.45, 2.75) is 25.2 Å². The molecule has 33 heavy (non-hydrogen) atoms. The van der Waals surface area contributed by atoms with Crippen molar-refractivity contribution in [3.8, 4) is 5.75 Å². The van der Waals surface area contributed by atoms with E-state index in [0.29, 0.717) is 29.7 Å². The van der Waals surface area contributed by atoms with Crippen LogP contribution >= 0.6 is 0 Å². The van der Waals surface area contributed by atoms with Crippen LogP contribution in [0.15, 0.2) is 65.6 Å². The van der Waals surface area contributed by atoms with Crippen molar-refractivity contribution >= 4 is 27.7 Å². The lowest BCUT2D eigenvalue weighted by molar-refractivity contribution is 0.0600. The SMILES string of the molecule is COC(=O)c1ccc2c(c1)CCN2C(=O)c1ccc(OS(=O)(=O)c2cc(C)ccc2C)cc1. The fourth-order valence-corrected chi connectivity index (χ4v) is 5.06. The van der Waals surface area contributed by atoms with Gasteiger partial charge in [0, 0.05) is 17.8 Å². The third kappa shape index (κ3) is 4.47. The molecular formula is C25H23NO6S. The number of rotatable bonds is 5. The molecule has 3 aromatic carbocycles. The molecule has 0 saturated carbocycles. The van der Waals surface area contributed by atoms with Gasteiger partial charge in [-0.05, 0) is 85.5 Å². The van der Waals surface area contributed by atoms with Crippen LogP contribution in [0.5, 0.6) is 5.75 Å². The Morgan fingerprint density at radius 1 is 0.909 bits per heavy atom. The molecule has 0 atom stereocenters. The summed E-state index contributed by atoms with van der Waals surface area (Å²) in [6.45, 7) is 4.00. The third-order valence-corrected chi connectivity index (χ3v) is 6.95. The first-order valence-corrected chi connectivity index (χ1v) is 11.8. The number of benzene rings is 3. The molecule has 0 saturated heterocycles. The maximum absolute atomic E-state index is 13.1. The molecule has 8 heteroatoms. The molecule has 0 fully saturated rings. The van der Waals surface area contributed by atoms with Gasteiger partial charge in [0.2, 0.25) is 0 Å². The number of amides is 1. The zero-order valence-electron chi connectivity index (χ0n) is 18.5. The van der Waals surface area contributed by atoms with E-state index in [0.717, 1.165) is 16.8 Å². The van der Waals surface area contributed by atoms with E-state index in [4.69, 9.17) is 8.92 Å². The van der Waals surface area contributed by atoms with E-state index in [-0.39, 0.29) is 16.6 Å². The van der Waals surface area contributed by atoms with Crippen LogP contribution in [0.1, 0.15) is 37.4 Å². The molecule has 3 aromatic rings. The average molecular weight is 466 g/mol. The number of aryl methyl sites for hydroxylation is 2. The van der Waals surface area contributed by atoms with Gasteiger partial charge in [-0.15, -0.1) is 0 Å². The Morgan fingerprint density at radius 3 is 2.30 bits per heavy atom. The lowest BCUT2D eigenvalue weighted by Gasteiger charge is -2.18. The fraction of sp³-hybridized carbons (Fsp3) is 0.200.